The van der Waals surface area contributed by atoms with Gasteiger partial charge in [-0.25, -0.2) is 4.98 Å². The summed E-state index contributed by atoms with van der Waals surface area (Å²) < 4.78 is 6.73. The van der Waals surface area contributed by atoms with Gasteiger partial charge in [-0.15, -0.1) is 0 Å². The second-order valence-electron chi connectivity index (χ2n) is 3.34. The summed E-state index contributed by atoms with van der Waals surface area (Å²) in [5.41, 5.74) is 6.17. The Kier molecular flexibility index (Phi) is 4.20. The number of benzene rings is 1. The Labute approximate surface area is 118 Å². The Balaban J connectivity index is 2.24. The minimum atomic E-state index is 0.294. The van der Waals surface area contributed by atoms with E-state index < -0.39 is 0 Å². The van der Waals surface area contributed by atoms with Crippen molar-refractivity contribution >= 4 is 34.2 Å². The topological polar surface area (TPSA) is 48.1 Å². The first kappa shape index (κ1) is 12.6. The minimum absolute atomic E-state index is 0.294. The monoisotopic (exact) mass is 360 g/mol. The second-order valence-corrected chi connectivity index (χ2v) is 4.99. The first-order valence-electron chi connectivity index (χ1n) is 4.98. The van der Waals surface area contributed by atoms with Gasteiger partial charge in [-0.2, -0.15) is 0 Å². The average Bonchev–Trinajstić information content (AvgIpc) is 2.32. The summed E-state index contributed by atoms with van der Waals surface area (Å²) >= 11 is 8.15. The highest BCUT2D eigenvalue weighted by Crippen LogP contribution is 2.23. The molecule has 0 saturated heterocycles. The molecule has 5 heteroatoms. The van der Waals surface area contributed by atoms with E-state index in [0.717, 1.165) is 9.32 Å². The molecule has 2 rings (SSSR count). The molecule has 0 saturated carbocycles. The first-order chi connectivity index (χ1) is 8.19. The summed E-state index contributed by atoms with van der Waals surface area (Å²) in [6.45, 7) is 0.294. The maximum atomic E-state index is 5.93. The van der Waals surface area contributed by atoms with Gasteiger partial charge in [-0.05, 0) is 46.9 Å². The van der Waals surface area contributed by atoms with E-state index in [1.54, 1.807) is 12.1 Å². The van der Waals surface area contributed by atoms with Crippen LogP contribution in [0.3, 0.4) is 0 Å². The predicted octanol–water partition coefficient (Wildman–Crippen LogP) is 3.59. The maximum absolute atomic E-state index is 5.93. The van der Waals surface area contributed by atoms with Gasteiger partial charge in [-0.3, -0.25) is 0 Å². The molecule has 0 aliphatic heterocycles. The van der Waals surface area contributed by atoms with Gasteiger partial charge in [0, 0.05) is 16.2 Å². The number of pyridine rings is 1. The van der Waals surface area contributed by atoms with E-state index >= 15 is 0 Å². The van der Waals surface area contributed by atoms with E-state index in [-0.39, 0.29) is 0 Å². The van der Waals surface area contributed by atoms with Crippen molar-refractivity contribution in [3.05, 3.63) is 50.7 Å². The molecule has 1 aromatic heterocycles. The lowest BCUT2D eigenvalue weighted by Gasteiger charge is -2.07. The van der Waals surface area contributed by atoms with Crippen molar-refractivity contribution in [2.75, 3.05) is 0 Å². The second kappa shape index (κ2) is 5.66. The molecule has 0 spiro atoms. The van der Waals surface area contributed by atoms with Crippen LogP contribution in [0, 0.1) is 3.57 Å². The summed E-state index contributed by atoms with van der Waals surface area (Å²) in [5, 5.41) is 0.558. The first-order valence-corrected chi connectivity index (χ1v) is 6.43. The van der Waals surface area contributed by atoms with Crippen LogP contribution >= 0.6 is 34.2 Å². The zero-order valence-corrected chi connectivity index (χ0v) is 11.8. The largest absolute Gasteiger partial charge is 0.439 e. The van der Waals surface area contributed by atoms with Gasteiger partial charge in [0.2, 0.25) is 5.88 Å². The normalized spacial score (nSPS) is 10.3. The molecule has 1 aromatic carbocycles. The van der Waals surface area contributed by atoms with E-state index in [4.69, 9.17) is 22.1 Å². The Bertz CT molecular complexity index is 534. The van der Waals surface area contributed by atoms with Crippen molar-refractivity contribution in [2.45, 2.75) is 6.54 Å². The standard InChI is InChI=1S/C12H10ClIN2O/c13-10-4-5-12(16-11(10)7-15)17-9-3-1-2-8(14)6-9/h1-6H,7,15H2. The minimum Gasteiger partial charge on any atom is -0.439 e. The lowest BCUT2D eigenvalue weighted by molar-refractivity contribution is 0.460. The molecular weight excluding hydrogens is 351 g/mol. The van der Waals surface area contributed by atoms with Crippen LogP contribution in [0.25, 0.3) is 0 Å². The number of halogens is 2. The predicted molar refractivity (Wildman–Crippen MR) is 76.4 cm³/mol. The molecule has 0 aliphatic carbocycles. The molecular formula is C12H10ClIN2O. The van der Waals surface area contributed by atoms with E-state index in [0.29, 0.717) is 23.1 Å². The van der Waals surface area contributed by atoms with Crippen LogP contribution in [-0.2, 0) is 6.54 Å². The Morgan fingerprint density at radius 1 is 1.29 bits per heavy atom. The molecule has 88 valence electrons. The molecule has 0 amide bonds. The van der Waals surface area contributed by atoms with Crippen LogP contribution in [0.1, 0.15) is 5.69 Å². The van der Waals surface area contributed by atoms with Crippen LogP contribution in [-0.4, -0.2) is 4.98 Å². The Morgan fingerprint density at radius 3 is 2.82 bits per heavy atom. The fourth-order valence-corrected chi connectivity index (χ4v) is 2.01. The van der Waals surface area contributed by atoms with E-state index in [9.17, 15) is 0 Å². The Morgan fingerprint density at radius 2 is 2.12 bits per heavy atom. The number of ether oxygens (including phenoxy) is 1. The summed E-state index contributed by atoms with van der Waals surface area (Å²) in [6, 6.07) is 11.2. The highest BCUT2D eigenvalue weighted by molar-refractivity contribution is 14.1. The summed E-state index contributed by atoms with van der Waals surface area (Å²) in [6.07, 6.45) is 0. The van der Waals surface area contributed by atoms with Gasteiger partial charge in [0.05, 0.1) is 10.7 Å². The number of rotatable bonds is 3. The molecule has 2 N–H and O–H groups in total. The van der Waals surface area contributed by atoms with Crippen LogP contribution in [0.4, 0.5) is 0 Å². The van der Waals surface area contributed by atoms with Crippen LogP contribution in [0.2, 0.25) is 5.02 Å². The third-order valence-corrected chi connectivity index (χ3v) is 3.12. The van der Waals surface area contributed by atoms with Gasteiger partial charge in [-0.1, -0.05) is 17.7 Å². The molecule has 17 heavy (non-hydrogen) atoms. The van der Waals surface area contributed by atoms with Crippen molar-refractivity contribution in [3.63, 3.8) is 0 Å². The van der Waals surface area contributed by atoms with Gasteiger partial charge in [0.1, 0.15) is 5.75 Å². The maximum Gasteiger partial charge on any atom is 0.219 e. The van der Waals surface area contributed by atoms with Gasteiger partial charge in [0.25, 0.3) is 0 Å². The third-order valence-electron chi connectivity index (χ3n) is 2.10. The number of aromatic nitrogens is 1. The highest BCUT2D eigenvalue weighted by Gasteiger charge is 2.04. The van der Waals surface area contributed by atoms with Gasteiger partial charge < -0.3 is 10.5 Å². The SMILES string of the molecule is NCc1nc(Oc2cccc(I)c2)ccc1Cl. The smallest absolute Gasteiger partial charge is 0.219 e. The Hall–Kier alpha value is -0.850. The quantitative estimate of drug-likeness (QED) is 0.851. The van der Waals surface area contributed by atoms with Crippen molar-refractivity contribution in [1.29, 1.82) is 0 Å². The zero-order valence-electron chi connectivity index (χ0n) is 8.86. The fraction of sp³-hybridized carbons (Fsp3) is 0.0833. The fourth-order valence-electron chi connectivity index (χ4n) is 1.32. The molecule has 1 heterocycles. The van der Waals surface area contributed by atoms with Crippen LogP contribution < -0.4 is 10.5 Å². The average molecular weight is 361 g/mol. The molecule has 0 unspecified atom stereocenters. The number of nitrogens with zero attached hydrogens (tertiary/aromatic N) is 1. The third kappa shape index (κ3) is 3.31. The lowest BCUT2D eigenvalue weighted by atomic mass is 10.3. The molecule has 0 fully saturated rings. The van der Waals surface area contributed by atoms with E-state index in [2.05, 4.69) is 27.6 Å². The lowest BCUT2D eigenvalue weighted by Crippen LogP contribution is -2.01. The van der Waals surface area contributed by atoms with Crippen molar-refractivity contribution < 1.29 is 4.74 Å². The van der Waals surface area contributed by atoms with Gasteiger partial charge >= 0.3 is 0 Å². The van der Waals surface area contributed by atoms with Crippen LogP contribution in [0.5, 0.6) is 11.6 Å². The van der Waals surface area contributed by atoms with Crippen molar-refractivity contribution in [2.24, 2.45) is 5.73 Å². The summed E-state index contributed by atoms with van der Waals surface area (Å²) in [5.74, 6) is 1.24. The molecule has 2 aromatic rings. The van der Waals surface area contributed by atoms with Crippen molar-refractivity contribution in [3.8, 4) is 11.6 Å². The van der Waals surface area contributed by atoms with Gasteiger partial charge in [0.15, 0.2) is 0 Å². The molecule has 0 radical (unpaired) electrons. The summed E-state index contributed by atoms with van der Waals surface area (Å²) in [4.78, 5) is 4.23. The molecule has 0 bridgehead atoms. The number of hydrogen-bond acceptors (Lipinski definition) is 3. The van der Waals surface area contributed by atoms with Crippen LogP contribution in [0.15, 0.2) is 36.4 Å². The molecule has 0 atom stereocenters. The van der Waals surface area contributed by atoms with E-state index in [1.807, 2.05) is 24.3 Å². The molecule has 3 nitrogen and oxygen atoms in total. The highest BCUT2D eigenvalue weighted by atomic mass is 127. The number of hydrogen-bond donors (Lipinski definition) is 1. The number of nitrogens with two attached hydrogens (primary N) is 1. The summed E-state index contributed by atoms with van der Waals surface area (Å²) in [7, 11) is 0. The van der Waals surface area contributed by atoms with Crippen molar-refractivity contribution in [1.82, 2.24) is 4.98 Å². The zero-order chi connectivity index (χ0) is 12.3. The van der Waals surface area contributed by atoms with E-state index in [1.165, 1.54) is 0 Å². The molecule has 0 aliphatic rings.